The van der Waals surface area contributed by atoms with Crippen LogP contribution in [0.4, 0.5) is 0 Å². The molecule has 8 heteroatoms. The fourth-order valence-electron chi connectivity index (χ4n) is 4.15. The largest absolute Gasteiger partial charge is 0.497 e. The lowest BCUT2D eigenvalue weighted by Crippen LogP contribution is -2.47. The maximum absolute atomic E-state index is 10.9. The van der Waals surface area contributed by atoms with Crippen LogP contribution in [0.25, 0.3) is 22.9 Å². The Morgan fingerprint density at radius 2 is 1.84 bits per heavy atom. The monoisotopic (exact) mass is 450 g/mol. The highest BCUT2D eigenvalue weighted by Gasteiger charge is 2.27. The number of methoxy groups -OCH3 is 1. The summed E-state index contributed by atoms with van der Waals surface area (Å²) in [5.41, 5.74) is 3.05. The minimum atomic E-state index is 0.426. The Morgan fingerprint density at radius 3 is 2.56 bits per heavy atom. The van der Waals surface area contributed by atoms with Gasteiger partial charge in [0.2, 0.25) is 18.2 Å². The molecule has 2 saturated heterocycles. The molecular weight excluding hydrogens is 424 g/mol. The Labute approximate surface area is 191 Å². The number of nitrogens with zero attached hydrogens (tertiary/aromatic N) is 4. The molecule has 0 spiro atoms. The standard InChI is InChI=1S/C24H26N4O3S/c1-30-19-7-4-17(5-8-19)23-25-26-24(31-23)22-12-20(32-21-14-28(15-21)16-29)9-6-18(22)13-27-10-2-3-11-27/h4-9,12,16,21H,2-3,10-11,13-15H2,1H3. The van der Waals surface area contributed by atoms with Crippen molar-refractivity contribution < 1.29 is 13.9 Å². The van der Waals surface area contributed by atoms with Crippen LogP contribution >= 0.6 is 11.8 Å². The minimum Gasteiger partial charge on any atom is -0.497 e. The fourth-order valence-corrected chi connectivity index (χ4v) is 5.40. The van der Waals surface area contributed by atoms with Gasteiger partial charge < -0.3 is 14.1 Å². The molecule has 7 nitrogen and oxygen atoms in total. The van der Waals surface area contributed by atoms with Crippen molar-refractivity contribution in [2.75, 3.05) is 33.3 Å². The maximum Gasteiger partial charge on any atom is 0.248 e. The molecule has 0 N–H and O–H groups in total. The first-order valence-electron chi connectivity index (χ1n) is 10.9. The van der Waals surface area contributed by atoms with E-state index >= 15 is 0 Å². The van der Waals surface area contributed by atoms with Crippen molar-refractivity contribution in [2.24, 2.45) is 0 Å². The van der Waals surface area contributed by atoms with E-state index in [2.05, 4.69) is 33.3 Å². The molecule has 0 aliphatic carbocycles. The van der Waals surface area contributed by atoms with Gasteiger partial charge in [-0.1, -0.05) is 6.07 Å². The third-order valence-corrected chi connectivity index (χ3v) is 7.15. The van der Waals surface area contributed by atoms with E-state index in [4.69, 9.17) is 9.15 Å². The molecule has 0 bridgehead atoms. The molecule has 3 aromatic rings. The molecule has 2 aliphatic heterocycles. The van der Waals surface area contributed by atoms with Crippen LogP contribution in [0, 0.1) is 0 Å². The molecule has 32 heavy (non-hydrogen) atoms. The Bertz CT molecular complexity index is 1070. The molecule has 2 aliphatic rings. The summed E-state index contributed by atoms with van der Waals surface area (Å²) < 4.78 is 11.4. The molecule has 2 aromatic carbocycles. The summed E-state index contributed by atoms with van der Waals surface area (Å²) in [6.45, 7) is 4.71. The van der Waals surface area contributed by atoms with Crippen LogP contribution < -0.4 is 4.74 Å². The maximum atomic E-state index is 10.9. The van der Waals surface area contributed by atoms with Gasteiger partial charge in [-0.15, -0.1) is 22.0 Å². The van der Waals surface area contributed by atoms with E-state index in [0.29, 0.717) is 17.0 Å². The predicted molar refractivity (Wildman–Crippen MR) is 124 cm³/mol. The van der Waals surface area contributed by atoms with E-state index in [-0.39, 0.29) is 0 Å². The van der Waals surface area contributed by atoms with Crippen molar-refractivity contribution >= 4 is 18.2 Å². The Kier molecular flexibility index (Phi) is 6.14. The van der Waals surface area contributed by atoms with Crippen LogP contribution in [0.15, 0.2) is 51.8 Å². The zero-order valence-corrected chi connectivity index (χ0v) is 18.9. The molecule has 0 atom stereocenters. The molecule has 0 radical (unpaired) electrons. The SMILES string of the molecule is COc1ccc(-c2nnc(-c3cc(SC4CN(C=O)C4)ccc3CN3CCCC3)o2)cc1. The van der Waals surface area contributed by atoms with Crippen LogP contribution in [-0.4, -0.2) is 64.9 Å². The molecule has 5 rings (SSSR count). The zero-order valence-electron chi connectivity index (χ0n) is 18.1. The summed E-state index contributed by atoms with van der Waals surface area (Å²) in [6.07, 6.45) is 3.42. The minimum absolute atomic E-state index is 0.426. The third-order valence-electron chi connectivity index (χ3n) is 5.99. The van der Waals surface area contributed by atoms with Crippen LogP contribution in [0.5, 0.6) is 5.75 Å². The summed E-state index contributed by atoms with van der Waals surface area (Å²) in [4.78, 5) is 16.3. The summed E-state index contributed by atoms with van der Waals surface area (Å²) in [7, 11) is 1.65. The molecule has 2 fully saturated rings. The topological polar surface area (TPSA) is 71.7 Å². The number of ether oxygens (including phenoxy) is 1. The van der Waals surface area contributed by atoms with Crippen LogP contribution in [0.2, 0.25) is 0 Å². The van der Waals surface area contributed by atoms with E-state index in [1.54, 1.807) is 23.8 Å². The predicted octanol–water partition coefficient (Wildman–Crippen LogP) is 3.94. The second-order valence-electron chi connectivity index (χ2n) is 8.24. The van der Waals surface area contributed by atoms with Gasteiger partial charge in [0.15, 0.2) is 0 Å². The highest BCUT2D eigenvalue weighted by atomic mass is 32.2. The molecule has 0 saturated carbocycles. The number of thioether (sulfide) groups is 1. The van der Waals surface area contributed by atoms with Gasteiger partial charge in [0, 0.05) is 40.9 Å². The summed E-state index contributed by atoms with van der Waals surface area (Å²) in [6, 6.07) is 14.1. The highest BCUT2D eigenvalue weighted by molar-refractivity contribution is 8.00. The molecule has 3 heterocycles. The molecule has 0 unspecified atom stereocenters. The molecule has 166 valence electrons. The number of likely N-dealkylation sites (tertiary alicyclic amines) is 2. The number of aromatic nitrogens is 2. The van der Waals surface area contributed by atoms with Crippen molar-refractivity contribution in [1.82, 2.24) is 20.0 Å². The number of carbonyl (C=O) groups excluding carboxylic acids is 1. The highest BCUT2D eigenvalue weighted by Crippen LogP contribution is 2.35. The van der Waals surface area contributed by atoms with E-state index in [0.717, 1.165) is 60.9 Å². The Balaban J connectivity index is 1.42. The Hall–Kier alpha value is -2.84. The molecule has 1 aromatic heterocycles. The first kappa shape index (κ1) is 21.0. The third kappa shape index (κ3) is 4.52. The van der Waals surface area contributed by atoms with Crippen molar-refractivity contribution in [3.8, 4) is 28.7 Å². The van der Waals surface area contributed by atoms with Gasteiger partial charge in [-0.25, -0.2) is 0 Å². The van der Waals surface area contributed by atoms with Crippen molar-refractivity contribution in [2.45, 2.75) is 29.5 Å². The first-order chi connectivity index (χ1) is 15.7. The van der Waals surface area contributed by atoms with Crippen molar-refractivity contribution in [3.63, 3.8) is 0 Å². The van der Waals surface area contributed by atoms with Crippen LogP contribution in [0.1, 0.15) is 18.4 Å². The van der Waals surface area contributed by atoms with E-state index in [9.17, 15) is 4.79 Å². The van der Waals surface area contributed by atoms with Gasteiger partial charge >= 0.3 is 0 Å². The number of carbonyl (C=O) groups is 1. The first-order valence-corrected chi connectivity index (χ1v) is 11.8. The van der Waals surface area contributed by atoms with Crippen LogP contribution in [-0.2, 0) is 11.3 Å². The number of hydrogen-bond acceptors (Lipinski definition) is 7. The molecular formula is C24H26N4O3S. The smallest absolute Gasteiger partial charge is 0.248 e. The summed E-state index contributed by atoms with van der Waals surface area (Å²) in [5.74, 6) is 1.82. The number of benzene rings is 2. The number of rotatable bonds is 8. The average molecular weight is 451 g/mol. The average Bonchev–Trinajstić information content (AvgIpc) is 3.49. The number of amides is 1. The van der Waals surface area contributed by atoms with Gasteiger partial charge in [-0.2, -0.15) is 0 Å². The fraction of sp³-hybridized carbons (Fsp3) is 0.375. The van der Waals surface area contributed by atoms with Crippen molar-refractivity contribution in [1.29, 1.82) is 0 Å². The lowest BCUT2D eigenvalue weighted by Gasteiger charge is -2.35. The van der Waals surface area contributed by atoms with E-state index < -0.39 is 0 Å². The van der Waals surface area contributed by atoms with Gasteiger partial charge in [0.25, 0.3) is 0 Å². The van der Waals surface area contributed by atoms with Crippen LogP contribution in [0.3, 0.4) is 0 Å². The lowest BCUT2D eigenvalue weighted by molar-refractivity contribution is -0.120. The van der Waals surface area contributed by atoms with Gasteiger partial charge in [-0.3, -0.25) is 9.69 Å². The normalized spacial score (nSPS) is 16.8. The second kappa shape index (κ2) is 9.34. The van der Waals surface area contributed by atoms with Gasteiger partial charge in [0.1, 0.15) is 5.75 Å². The van der Waals surface area contributed by atoms with Gasteiger partial charge in [0.05, 0.1) is 7.11 Å². The van der Waals surface area contributed by atoms with E-state index in [1.807, 2.05) is 24.3 Å². The van der Waals surface area contributed by atoms with E-state index in [1.165, 1.54) is 18.4 Å². The zero-order chi connectivity index (χ0) is 21.9. The number of hydrogen-bond donors (Lipinski definition) is 0. The second-order valence-corrected chi connectivity index (χ2v) is 9.62. The molecule has 1 amide bonds. The summed E-state index contributed by atoms with van der Waals surface area (Å²) in [5, 5.41) is 9.12. The van der Waals surface area contributed by atoms with Gasteiger partial charge in [-0.05, 0) is 67.9 Å². The summed E-state index contributed by atoms with van der Waals surface area (Å²) >= 11 is 1.80. The Morgan fingerprint density at radius 1 is 1.09 bits per heavy atom. The lowest BCUT2D eigenvalue weighted by atomic mass is 10.1. The quantitative estimate of drug-likeness (QED) is 0.481. The van der Waals surface area contributed by atoms with Crippen molar-refractivity contribution in [3.05, 3.63) is 48.0 Å².